The molecule has 1 amide bonds. The molecule has 14 nitrogen and oxygen atoms in total. The summed E-state index contributed by atoms with van der Waals surface area (Å²) >= 11 is 0. The zero-order valence-corrected chi connectivity index (χ0v) is 51.8. The summed E-state index contributed by atoms with van der Waals surface area (Å²) in [6, 6.07) is -1.13. The quantitative estimate of drug-likeness (QED) is 0.133. The second-order valence-corrected chi connectivity index (χ2v) is 25.5. The molecule has 2 aliphatic carbocycles. The first-order valence-electron chi connectivity index (χ1n) is 32.0. The van der Waals surface area contributed by atoms with Gasteiger partial charge in [-0.05, 0) is 120 Å². The van der Waals surface area contributed by atoms with Crippen molar-refractivity contribution in [3.8, 4) is 0 Å². The number of carbonyl (C=O) groups is 5. The number of cyclic esters (lactones) is 1. The maximum absolute atomic E-state index is 14.8. The van der Waals surface area contributed by atoms with Gasteiger partial charge in [-0.1, -0.05) is 155 Å². The van der Waals surface area contributed by atoms with Crippen molar-refractivity contribution < 1.29 is 62.6 Å². The van der Waals surface area contributed by atoms with Crippen LogP contribution in [0.2, 0.25) is 0 Å². The Hall–Kier alpha value is -3.37. The summed E-state index contributed by atoms with van der Waals surface area (Å²) in [5.74, 6) is -7.69. The molecule has 0 aromatic heterocycles. The molecule has 5 aliphatic rings. The monoisotopic (exact) mass is 1140 g/mol. The van der Waals surface area contributed by atoms with Gasteiger partial charge in [0.15, 0.2) is 5.78 Å². The van der Waals surface area contributed by atoms with E-state index < -0.39 is 77.8 Å². The third-order valence-corrected chi connectivity index (χ3v) is 18.9. The Morgan fingerprint density at radius 3 is 1.94 bits per heavy atom. The van der Waals surface area contributed by atoms with Crippen LogP contribution in [0, 0.1) is 35.5 Å². The van der Waals surface area contributed by atoms with Crippen LogP contribution in [-0.4, -0.2) is 133 Å². The van der Waals surface area contributed by atoms with Gasteiger partial charge in [-0.2, -0.15) is 0 Å². The number of rotatable bonds is 8. The van der Waals surface area contributed by atoms with E-state index in [0.29, 0.717) is 50.5 Å². The Bertz CT molecular complexity index is 2070. The van der Waals surface area contributed by atoms with Crippen LogP contribution >= 0.6 is 0 Å². The van der Waals surface area contributed by atoms with E-state index in [2.05, 4.69) is 0 Å². The second-order valence-electron chi connectivity index (χ2n) is 25.5. The minimum absolute atomic E-state index is 0.0219. The highest BCUT2D eigenvalue weighted by Gasteiger charge is 2.53. The first-order chi connectivity index (χ1) is 38.8. The topological polar surface area (TPSA) is 184 Å². The Labute approximate surface area is 488 Å². The highest BCUT2D eigenvalue weighted by Crippen LogP contribution is 2.39. The molecular formula is C67H109NO13. The Morgan fingerprint density at radius 2 is 1.32 bits per heavy atom. The Morgan fingerprint density at radius 1 is 0.691 bits per heavy atom. The van der Waals surface area contributed by atoms with Gasteiger partial charge in [0.2, 0.25) is 5.79 Å². The predicted octanol–water partition coefficient (Wildman–Crippen LogP) is 12.4. The fourth-order valence-corrected chi connectivity index (χ4v) is 13.5. The lowest BCUT2D eigenvalue weighted by Gasteiger charge is -2.42. The molecule has 0 aromatic carbocycles. The first kappa shape index (κ1) is 68.4. The molecule has 0 aromatic rings. The Balaban J connectivity index is 1.40. The second kappa shape index (κ2) is 35.2. The summed E-state index contributed by atoms with van der Waals surface area (Å²) in [4.78, 5) is 73.3. The van der Waals surface area contributed by atoms with Crippen LogP contribution < -0.4 is 0 Å². The molecule has 4 fully saturated rings. The van der Waals surface area contributed by atoms with E-state index in [1.165, 1.54) is 95.5 Å². The molecular weight excluding hydrogens is 1030 g/mol. The third kappa shape index (κ3) is 21.0. The summed E-state index contributed by atoms with van der Waals surface area (Å²) in [7, 11) is 4.77. The van der Waals surface area contributed by atoms with E-state index in [-0.39, 0.29) is 67.0 Å². The number of fused-ring (bicyclic) bond motifs is 3. The first-order valence-corrected chi connectivity index (χ1v) is 32.0. The lowest BCUT2D eigenvalue weighted by molar-refractivity contribution is -0.265. The number of piperidine rings is 1. The smallest absolute Gasteiger partial charge is 0.329 e. The number of methoxy groups -OCH3 is 3. The van der Waals surface area contributed by atoms with Crippen LogP contribution in [0.4, 0.5) is 0 Å². The maximum Gasteiger partial charge on any atom is 0.329 e. The number of nitrogens with zero attached hydrogens (tertiary/aromatic N) is 1. The van der Waals surface area contributed by atoms with Crippen LogP contribution in [0.1, 0.15) is 222 Å². The summed E-state index contributed by atoms with van der Waals surface area (Å²) < 4.78 is 37.5. The molecule has 2 saturated heterocycles. The average molecular weight is 1140 g/mol. The highest BCUT2D eigenvalue weighted by molar-refractivity contribution is 6.39. The summed E-state index contributed by atoms with van der Waals surface area (Å²) in [6.45, 7) is 13.0. The zero-order chi connectivity index (χ0) is 59.1. The van der Waals surface area contributed by atoms with Crippen molar-refractivity contribution in [2.24, 2.45) is 35.5 Å². The molecule has 2 bridgehead atoms. The number of esters is 1. The number of hydrogen-bond donors (Lipinski definition) is 2. The van der Waals surface area contributed by atoms with Crippen molar-refractivity contribution in [1.82, 2.24) is 4.90 Å². The van der Waals surface area contributed by atoms with Crippen molar-refractivity contribution in [3.05, 3.63) is 47.6 Å². The molecule has 5 rings (SSSR count). The van der Waals surface area contributed by atoms with Gasteiger partial charge in [0, 0.05) is 58.5 Å². The molecule has 0 radical (unpaired) electrons. The zero-order valence-electron chi connectivity index (χ0n) is 51.8. The third-order valence-electron chi connectivity index (χ3n) is 18.9. The van der Waals surface area contributed by atoms with Crippen molar-refractivity contribution in [1.29, 1.82) is 0 Å². The lowest BCUT2D eigenvalue weighted by Crippen LogP contribution is -2.61. The number of ether oxygens (including phenoxy) is 6. The molecule has 3 aliphatic heterocycles. The number of Topliss-reactive ketones (excluding diaryl/α,β-unsaturated/α-hetero) is 3. The number of ketones is 3. The van der Waals surface area contributed by atoms with E-state index in [4.69, 9.17) is 28.4 Å². The van der Waals surface area contributed by atoms with E-state index in [1.54, 1.807) is 41.1 Å². The standard InChI is InChI=1S/C67H109NO13/c1-45-29-23-22-24-30-46(2)58(76-8)43-54-36-34-51(7)67(75,81-54)64(72)65(73)68-38-28-27-33-55(68)66(74)80-59(44-56(69)47(3)40-50(6)62(71)63(78-10)61(70)49(5)39-45)48(4)41-52-35-37-57(60(42-52)77-9)79-53-31-25-20-18-16-14-12-11-13-15-17-19-21-26-32-53/h22-24,29-30,40,45,47-49,51-55,57-60,62-63,71,75H,11-21,25-28,31-39,41-44H2,1-10H3/b24-22+,29-23+,46-30+,50-40+/t45-,47-,48-,49-,51-,52+,54+,55+,57-,58+,59+,60-,62-,63+,67-/m1/s1. The van der Waals surface area contributed by atoms with Crippen LogP contribution in [0.5, 0.6) is 0 Å². The summed E-state index contributed by atoms with van der Waals surface area (Å²) in [6.07, 6.45) is 32.1. The minimum atomic E-state index is -2.43. The fraction of sp³-hybridized carbons (Fsp3) is 0.806. The number of aliphatic hydroxyl groups is 2. The lowest BCUT2D eigenvalue weighted by atomic mass is 9.78. The van der Waals surface area contributed by atoms with Gasteiger partial charge in [0.25, 0.3) is 11.7 Å². The number of hydrogen-bond acceptors (Lipinski definition) is 13. The van der Waals surface area contributed by atoms with Crippen LogP contribution in [0.3, 0.4) is 0 Å². The number of carbonyl (C=O) groups excluding carboxylic acids is 5. The molecule has 81 heavy (non-hydrogen) atoms. The van der Waals surface area contributed by atoms with Gasteiger partial charge in [0.1, 0.15) is 30.1 Å². The van der Waals surface area contributed by atoms with Crippen molar-refractivity contribution in [2.75, 3.05) is 27.9 Å². The fourth-order valence-electron chi connectivity index (χ4n) is 13.5. The van der Waals surface area contributed by atoms with Crippen LogP contribution in [-0.2, 0) is 52.4 Å². The molecule has 460 valence electrons. The molecule has 2 saturated carbocycles. The molecule has 2 N–H and O–H groups in total. The Kier molecular flexibility index (Phi) is 29.7. The molecule has 0 spiro atoms. The van der Waals surface area contributed by atoms with E-state index in [0.717, 1.165) is 37.7 Å². The predicted molar refractivity (Wildman–Crippen MR) is 317 cm³/mol. The van der Waals surface area contributed by atoms with Crippen molar-refractivity contribution >= 4 is 29.2 Å². The normalized spacial score (nSPS) is 37.7. The van der Waals surface area contributed by atoms with Gasteiger partial charge < -0.3 is 43.5 Å². The number of aliphatic hydroxyl groups excluding tert-OH is 1. The van der Waals surface area contributed by atoms with E-state index in [1.807, 2.05) is 58.1 Å². The summed E-state index contributed by atoms with van der Waals surface area (Å²) in [5.41, 5.74) is 1.30. The van der Waals surface area contributed by atoms with Crippen LogP contribution in [0.25, 0.3) is 0 Å². The van der Waals surface area contributed by atoms with E-state index >= 15 is 0 Å². The van der Waals surface area contributed by atoms with Gasteiger partial charge in [-0.3, -0.25) is 19.2 Å². The van der Waals surface area contributed by atoms with Gasteiger partial charge in [-0.15, -0.1) is 0 Å². The molecule has 0 unspecified atom stereocenters. The molecule has 15 atom stereocenters. The van der Waals surface area contributed by atoms with Gasteiger partial charge in [0.05, 0.1) is 30.5 Å². The van der Waals surface area contributed by atoms with Crippen molar-refractivity contribution in [3.63, 3.8) is 0 Å². The minimum Gasteiger partial charge on any atom is -0.460 e. The van der Waals surface area contributed by atoms with Crippen molar-refractivity contribution in [2.45, 2.75) is 282 Å². The number of amides is 1. The highest BCUT2D eigenvalue weighted by atomic mass is 16.6. The maximum atomic E-state index is 14.8. The SMILES string of the molecule is CO[C@H]1C[C@@H]2CC[C@@H](C)[C@@](O)(O2)C(=O)C(=O)N2CCCC[C@H]2C(=O)O[C@H]([C@H](C)C[C@@H]2CC[C@@H](OC3CCCCCCCCCCCCCCC3)[C@H](OC)C2)CC(=O)[C@H](C)/C=C(\C)[C@@H](O)[C@@H](OC)C(=O)[C@H](C)C[C@H](C)/C=C/C=C/C=C/1C. The van der Waals surface area contributed by atoms with Gasteiger partial charge >= 0.3 is 5.97 Å². The number of allylic oxidation sites excluding steroid dienone is 6. The average Bonchev–Trinajstić information content (AvgIpc) is 3.64. The molecule has 14 heteroatoms. The van der Waals surface area contributed by atoms with E-state index in [9.17, 15) is 34.2 Å². The summed E-state index contributed by atoms with van der Waals surface area (Å²) in [5, 5.41) is 23.7. The van der Waals surface area contributed by atoms with Gasteiger partial charge in [-0.25, -0.2) is 4.79 Å². The molecule has 3 heterocycles. The largest absolute Gasteiger partial charge is 0.460 e. The van der Waals surface area contributed by atoms with Crippen LogP contribution in [0.15, 0.2) is 47.6 Å².